The average Bonchev–Trinajstić information content (AvgIpc) is 2.56. The van der Waals surface area contributed by atoms with E-state index in [0.717, 1.165) is 15.8 Å². The van der Waals surface area contributed by atoms with Crippen LogP contribution in [0, 0.1) is 0 Å². The van der Waals surface area contributed by atoms with Crippen LogP contribution in [-0.2, 0) is 4.79 Å². The normalized spacial score (nSPS) is 10.7. The van der Waals surface area contributed by atoms with Crippen molar-refractivity contribution < 1.29 is 9.53 Å². The van der Waals surface area contributed by atoms with E-state index < -0.39 is 5.97 Å². The van der Waals surface area contributed by atoms with Gasteiger partial charge in [-0.3, -0.25) is 4.79 Å². The summed E-state index contributed by atoms with van der Waals surface area (Å²) in [6.45, 7) is 9.23. The summed E-state index contributed by atoms with van der Waals surface area (Å²) in [7, 11) is 0. The van der Waals surface area contributed by atoms with Gasteiger partial charge in [-0.2, -0.15) is 0 Å². The molecule has 0 atom stereocenters. The monoisotopic (exact) mass is 350 g/mol. The van der Waals surface area contributed by atoms with Crippen LogP contribution in [0.1, 0.15) is 26.3 Å². The van der Waals surface area contributed by atoms with Crippen LogP contribution in [0.2, 0.25) is 0 Å². The molecular weight excluding hydrogens is 332 g/mol. The van der Waals surface area contributed by atoms with Gasteiger partial charge in [-0.15, -0.1) is 11.3 Å². The second kappa shape index (κ2) is 6.65. The van der Waals surface area contributed by atoms with Crippen molar-refractivity contribution in [3.05, 3.63) is 69.9 Å². The summed E-state index contributed by atoms with van der Waals surface area (Å²) in [6.07, 6.45) is 2.05. The van der Waals surface area contributed by atoms with Crippen molar-refractivity contribution >= 4 is 43.6 Å². The van der Waals surface area contributed by atoms with Gasteiger partial charge in [0, 0.05) is 21.0 Å². The van der Waals surface area contributed by atoms with Gasteiger partial charge in [-0.05, 0) is 44.5 Å². The van der Waals surface area contributed by atoms with Crippen molar-refractivity contribution in [2.75, 3.05) is 0 Å². The van der Waals surface area contributed by atoms with Crippen molar-refractivity contribution in [2.24, 2.45) is 0 Å². The SMILES string of the molecule is C=C(C)C(=O)Oc1cccc2c(=O)c3cccc(C=C(C)C)c3sc12. The predicted octanol–water partition coefficient (Wildman–Crippen LogP) is 5.32. The number of hydrogen-bond acceptors (Lipinski definition) is 4. The fraction of sp³-hybridized carbons (Fsp3) is 0.143. The summed E-state index contributed by atoms with van der Waals surface area (Å²) in [6, 6.07) is 10.9. The van der Waals surface area contributed by atoms with Gasteiger partial charge in [0.1, 0.15) is 5.75 Å². The number of ether oxygens (including phenoxy) is 1. The summed E-state index contributed by atoms with van der Waals surface area (Å²) >= 11 is 1.46. The maximum absolute atomic E-state index is 12.9. The molecule has 0 bridgehead atoms. The molecule has 1 aromatic heterocycles. The summed E-state index contributed by atoms with van der Waals surface area (Å²) in [5, 5.41) is 1.23. The van der Waals surface area contributed by atoms with Crippen molar-refractivity contribution in [3.63, 3.8) is 0 Å². The predicted molar refractivity (Wildman–Crippen MR) is 105 cm³/mol. The summed E-state index contributed by atoms with van der Waals surface area (Å²) in [4.78, 5) is 24.8. The van der Waals surface area contributed by atoms with Crippen molar-refractivity contribution in [1.29, 1.82) is 0 Å². The topological polar surface area (TPSA) is 43.4 Å². The highest BCUT2D eigenvalue weighted by atomic mass is 32.1. The van der Waals surface area contributed by atoms with Gasteiger partial charge in [0.25, 0.3) is 0 Å². The van der Waals surface area contributed by atoms with Gasteiger partial charge in [-0.1, -0.05) is 36.4 Å². The Hall–Kier alpha value is -2.72. The quantitative estimate of drug-likeness (QED) is 0.278. The molecule has 0 N–H and O–H groups in total. The molecule has 2 aromatic carbocycles. The van der Waals surface area contributed by atoms with Gasteiger partial charge in [-0.25, -0.2) is 4.79 Å². The fourth-order valence-electron chi connectivity index (χ4n) is 2.59. The number of carbonyl (C=O) groups excluding carboxylic acids is 1. The van der Waals surface area contributed by atoms with E-state index in [0.29, 0.717) is 26.8 Å². The summed E-state index contributed by atoms with van der Waals surface area (Å²) < 4.78 is 6.99. The first-order valence-corrected chi connectivity index (χ1v) is 8.71. The molecule has 0 saturated heterocycles. The Morgan fingerprint density at radius 2 is 1.68 bits per heavy atom. The van der Waals surface area contributed by atoms with E-state index in [-0.39, 0.29) is 5.43 Å². The number of allylic oxidation sites excluding steroid dienone is 1. The third-order valence-corrected chi connectivity index (χ3v) is 5.00. The molecule has 0 unspecified atom stereocenters. The van der Waals surface area contributed by atoms with E-state index >= 15 is 0 Å². The zero-order valence-corrected chi connectivity index (χ0v) is 15.2. The summed E-state index contributed by atoms with van der Waals surface area (Å²) in [5.74, 6) is -0.105. The van der Waals surface area contributed by atoms with Crippen LogP contribution in [-0.4, -0.2) is 5.97 Å². The van der Waals surface area contributed by atoms with Gasteiger partial charge >= 0.3 is 5.97 Å². The molecule has 3 nitrogen and oxygen atoms in total. The van der Waals surface area contributed by atoms with Crippen molar-refractivity contribution in [2.45, 2.75) is 20.8 Å². The molecule has 0 saturated carbocycles. The maximum Gasteiger partial charge on any atom is 0.338 e. The molecule has 0 radical (unpaired) electrons. The Morgan fingerprint density at radius 3 is 2.32 bits per heavy atom. The maximum atomic E-state index is 12.9. The molecule has 0 aliphatic heterocycles. The first-order valence-electron chi connectivity index (χ1n) is 7.89. The van der Waals surface area contributed by atoms with Crippen molar-refractivity contribution in [3.8, 4) is 5.75 Å². The molecule has 126 valence electrons. The lowest BCUT2D eigenvalue weighted by atomic mass is 10.1. The third kappa shape index (κ3) is 3.26. The lowest BCUT2D eigenvalue weighted by molar-refractivity contribution is -0.129. The molecule has 4 heteroatoms. The molecule has 0 amide bonds. The molecule has 25 heavy (non-hydrogen) atoms. The average molecular weight is 350 g/mol. The van der Waals surface area contributed by atoms with Gasteiger partial charge < -0.3 is 4.74 Å². The van der Waals surface area contributed by atoms with Gasteiger partial charge in [0.2, 0.25) is 0 Å². The smallest absolute Gasteiger partial charge is 0.338 e. The molecule has 0 aliphatic rings. The van der Waals surface area contributed by atoms with Crippen molar-refractivity contribution in [1.82, 2.24) is 0 Å². The number of benzene rings is 2. The van der Waals surface area contributed by atoms with Crippen LogP contribution in [0.3, 0.4) is 0 Å². The van der Waals surface area contributed by atoms with E-state index in [2.05, 4.69) is 6.58 Å². The minimum absolute atomic E-state index is 0.0546. The Kier molecular flexibility index (Phi) is 4.55. The highest BCUT2D eigenvalue weighted by molar-refractivity contribution is 7.25. The first kappa shape index (κ1) is 17.1. The molecule has 0 fully saturated rings. The second-order valence-corrected chi connectivity index (χ2v) is 7.20. The molecule has 1 heterocycles. The van der Waals surface area contributed by atoms with Crippen LogP contribution in [0.15, 0.2) is 58.9 Å². The Labute approximate surface area is 149 Å². The van der Waals surface area contributed by atoms with Crippen LogP contribution < -0.4 is 10.2 Å². The number of hydrogen-bond donors (Lipinski definition) is 0. The highest BCUT2D eigenvalue weighted by Crippen LogP contribution is 2.34. The molecular formula is C21H18O3S. The van der Waals surface area contributed by atoms with Gasteiger partial charge in [0.05, 0.1) is 4.70 Å². The molecule has 0 spiro atoms. The Bertz CT molecular complexity index is 1100. The van der Waals surface area contributed by atoms with Crippen LogP contribution in [0.4, 0.5) is 0 Å². The summed E-state index contributed by atoms with van der Waals surface area (Å²) in [5.41, 5.74) is 2.40. The Balaban J connectivity index is 2.36. The highest BCUT2D eigenvalue weighted by Gasteiger charge is 2.14. The first-order chi connectivity index (χ1) is 11.9. The van der Waals surface area contributed by atoms with E-state index in [4.69, 9.17) is 4.74 Å². The largest absolute Gasteiger partial charge is 0.422 e. The minimum atomic E-state index is -0.496. The second-order valence-electron chi connectivity index (χ2n) is 6.18. The number of esters is 1. The number of rotatable bonds is 3. The number of carbonyl (C=O) groups is 1. The van der Waals surface area contributed by atoms with Crippen LogP contribution >= 0.6 is 11.3 Å². The number of fused-ring (bicyclic) bond motifs is 2. The fourth-order valence-corrected chi connectivity index (χ4v) is 3.79. The minimum Gasteiger partial charge on any atom is -0.422 e. The van der Waals surface area contributed by atoms with Crippen LogP contribution in [0.5, 0.6) is 5.75 Å². The molecule has 3 aromatic rings. The van der Waals surface area contributed by atoms with E-state index in [9.17, 15) is 9.59 Å². The zero-order chi connectivity index (χ0) is 18.1. The lowest BCUT2D eigenvalue weighted by Crippen LogP contribution is -2.09. The third-order valence-electron chi connectivity index (χ3n) is 3.71. The standard InChI is InChI=1S/C21H18O3S/c1-12(2)11-14-7-5-8-15-18(22)16-9-6-10-17(20(16)25-19(14)15)24-21(23)13(3)4/h5-11H,3H2,1-2,4H3. The van der Waals surface area contributed by atoms with Crippen LogP contribution in [0.25, 0.3) is 26.2 Å². The van der Waals surface area contributed by atoms with E-state index in [1.165, 1.54) is 11.3 Å². The molecule has 3 rings (SSSR count). The Morgan fingerprint density at radius 1 is 1.04 bits per heavy atom. The lowest BCUT2D eigenvalue weighted by Gasteiger charge is -2.09. The van der Waals surface area contributed by atoms with E-state index in [1.54, 1.807) is 25.1 Å². The van der Waals surface area contributed by atoms with Gasteiger partial charge in [0.15, 0.2) is 5.43 Å². The van der Waals surface area contributed by atoms with E-state index in [1.807, 2.05) is 38.1 Å². The molecule has 0 aliphatic carbocycles. The zero-order valence-electron chi connectivity index (χ0n) is 14.4.